The second-order valence-corrected chi connectivity index (χ2v) is 5.89. The number of urea groups is 1. The monoisotopic (exact) mass is 297 g/mol. The maximum absolute atomic E-state index is 11.7. The predicted molar refractivity (Wildman–Crippen MR) is 82.3 cm³/mol. The third-order valence-electron chi connectivity index (χ3n) is 3.69. The molecule has 1 saturated heterocycles. The predicted octanol–water partition coefficient (Wildman–Crippen LogP) is 1.29. The quantitative estimate of drug-likeness (QED) is 0.860. The lowest BCUT2D eigenvalue weighted by Crippen LogP contribution is -2.52. The van der Waals surface area contributed by atoms with Gasteiger partial charge in [-0.15, -0.1) is 11.3 Å². The first-order chi connectivity index (χ1) is 9.69. The van der Waals surface area contributed by atoms with Crippen molar-refractivity contribution in [2.24, 2.45) is 0 Å². The second-order valence-electron chi connectivity index (χ2n) is 4.99. The molecule has 2 amide bonds. The lowest BCUT2D eigenvalue weighted by atomic mass is 10.2. The SMILES string of the molecule is CCN1CCN([C@H](C)CNC(=O)Nc2nccs2)CC1. The molecular weight excluding hydrogens is 274 g/mol. The van der Waals surface area contributed by atoms with Crippen LogP contribution < -0.4 is 10.6 Å². The number of carbonyl (C=O) groups excluding carboxylic acids is 1. The minimum absolute atomic E-state index is 0.181. The Morgan fingerprint density at radius 1 is 1.45 bits per heavy atom. The Kier molecular flexibility index (Phi) is 5.75. The van der Waals surface area contributed by atoms with Crippen molar-refractivity contribution in [3.63, 3.8) is 0 Å². The molecule has 7 heteroatoms. The van der Waals surface area contributed by atoms with E-state index in [-0.39, 0.29) is 6.03 Å². The van der Waals surface area contributed by atoms with Gasteiger partial charge in [-0.05, 0) is 13.5 Å². The molecule has 0 unspecified atom stereocenters. The average molecular weight is 297 g/mol. The van der Waals surface area contributed by atoms with Crippen LogP contribution in [0.25, 0.3) is 0 Å². The van der Waals surface area contributed by atoms with Crippen LogP contribution in [-0.2, 0) is 0 Å². The van der Waals surface area contributed by atoms with Crippen molar-refractivity contribution in [1.29, 1.82) is 0 Å². The molecule has 1 aromatic rings. The van der Waals surface area contributed by atoms with E-state index in [9.17, 15) is 4.79 Å². The lowest BCUT2D eigenvalue weighted by molar-refractivity contribution is 0.106. The van der Waals surface area contributed by atoms with Crippen LogP contribution in [0.15, 0.2) is 11.6 Å². The summed E-state index contributed by atoms with van der Waals surface area (Å²) < 4.78 is 0. The number of nitrogens with one attached hydrogen (secondary N) is 2. The third kappa shape index (κ3) is 4.43. The highest BCUT2D eigenvalue weighted by atomic mass is 32.1. The number of nitrogens with zero attached hydrogens (tertiary/aromatic N) is 3. The van der Waals surface area contributed by atoms with Crippen LogP contribution in [0.4, 0.5) is 9.93 Å². The standard InChI is InChI=1S/C13H23N5OS/c1-3-17-5-7-18(8-6-17)11(2)10-15-12(19)16-13-14-4-9-20-13/h4,9,11H,3,5-8,10H2,1-2H3,(H2,14,15,16,19)/t11-/m1/s1. The van der Waals surface area contributed by atoms with Gasteiger partial charge in [0.2, 0.25) is 0 Å². The number of rotatable bonds is 5. The highest BCUT2D eigenvalue weighted by Gasteiger charge is 2.20. The maximum Gasteiger partial charge on any atom is 0.321 e. The van der Waals surface area contributed by atoms with Gasteiger partial charge in [0.25, 0.3) is 0 Å². The van der Waals surface area contributed by atoms with E-state index < -0.39 is 0 Å². The first-order valence-corrected chi connectivity index (χ1v) is 7.97. The van der Waals surface area contributed by atoms with Gasteiger partial charge in [-0.1, -0.05) is 6.92 Å². The number of amides is 2. The number of hydrogen-bond donors (Lipinski definition) is 2. The summed E-state index contributed by atoms with van der Waals surface area (Å²) in [5.74, 6) is 0. The van der Waals surface area contributed by atoms with E-state index in [0.717, 1.165) is 32.7 Å². The molecule has 1 aromatic heterocycles. The third-order valence-corrected chi connectivity index (χ3v) is 4.38. The summed E-state index contributed by atoms with van der Waals surface area (Å²) in [5, 5.41) is 8.10. The number of likely N-dealkylation sites (N-methyl/N-ethyl adjacent to an activating group) is 1. The van der Waals surface area contributed by atoms with Crippen molar-refractivity contribution in [2.75, 3.05) is 44.6 Å². The normalized spacial score (nSPS) is 18.7. The van der Waals surface area contributed by atoms with Crippen molar-refractivity contribution in [3.05, 3.63) is 11.6 Å². The van der Waals surface area contributed by atoms with E-state index >= 15 is 0 Å². The number of aromatic nitrogens is 1. The smallest absolute Gasteiger partial charge is 0.321 e. The summed E-state index contributed by atoms with van der Waals surface area (Å²) in [6.45, 7) is 10.5. The van der Waals surface area contributed by atoms with E-state index in [1.54, 1.807) is 6.20 Å². The van der Waals surface area contributed by atoms with Gasteiger partial charge in [-0.2, -0.15) is 0 Å². The van der Waals surface area contributed by atoms with E-state index in [1.165, 1.54) is 11.3 Å². The first kappa shape index (κ1) is 15.2. The van der Waals surface area contributed by atoms with Crippen LogP contribution in [0.1, 0.15) is 13.8 Å². The van der Waals surface area contributed by atoms with Crippen molar-refractivity contribution >= 4 is 22.5 Å². The Balaban J connectivity index is 1.67. The molecule has 0 bridgehead atoms. The molecular formula is C13H23N5OS. The largest absolute Gasteiger partial charge is 0.336 e. The van der Waals surface area contributed by atoms with E-state index in [2.05, 4.69) is 39.3 Å². The summed E-state index contributed by atoms with van der Waals surface area (Å²) in [4.78, 5) is 20.6. The highest BCUT2D eigenvalue weighted by molar-refractivity contribution is 7.13. The summed E-state index contributed by atoms with van der Waals surface area (Å²) in [5.41, 5.74) is 0. The van der Waals surface area contributed by atoms with Crippen molar-refractivity contribution < 1.29 is 4.79 Å². The molecule has 20 heavy (non-hydrogen) atoms. The number of carbonyl (C=O) groups is 1. The molecule has 0 radical (unpaired) electrons. The van der Waals surface area contributed by atoms with Crippen molar-refractivity contribution in [1.82, 2.24) is 20.1 Å². The van der Waals surface area contributed by atoms with Gasteiger partial charge in [0.05, 0.1) is 0 Å². The molecule has 2 N–H and O–H groups in total. The molecule has 1 atom stereocenters. The zero-order valence-electron chi connectivity index (χ0n) is 12.1. The Morgan fingerprint density at radius 3 is 2.80 bits per heavy atom. The molecule has 0 aliphatic carbocycles. The molecule has 0 spiro atoms. The van der Waals surface area contributed by atoms with Crippen LogP contribution in [0.3, 0.4) is 0 Å². The number of piperazine rings is 1. The molecule has 1 aliphatic heterocycles. The van der Waals surface area contributed by atoms with E-state index in [1.807, 2.05) is 5.38 Å². The molecule has 112 valence electrons. The number of anilines is 1. The fourth-order valence-electron chi connectivity index (χ4n) is 2.32. The van der Waals surface area contributed by atoms with Gasteiger partial charge in [-0.25, -0.2) is 9.78 Å². The lowest BCUT2D eigenvalue weighted by Gasteiger charge is -2.37. The zero-order chi connectivity index (χ0) is 14.4. The van der Waals surface area contributed by atoms with E-state index in [0.29, 0.717) is 17.7 Å². The van der Waals surface area contributed by atoms with Crippen LogP contribution in [-0.4, -0.2) is 66.1 Å². The minimum Gasteiger partial charge on any atom is -0.336 e. The molecule has 2 heterocycles. The van der Waals surface area contributed by atoms with Gasteiger partial charge in [0, 0.05) is 50.3 Å². The molecule has 0 saturated carbocycles. The van der Waals surface area contributed by atoms with Gasteiger partial charge < -0.3 is 10.2 Å². The zero-order valence-corrected chi connectivity index (χ0v) is 12.9. The Hall–Kier alpha value is -1.18. The molecule has 1 fully saturated rings. The fraction of sp³-hybridized carbons (Fsp3) is 0.692. The molecule has 2 rings (SSSR count). The Labute approximate surface area is 124 Å². The summed E-state index contributed by atoms with van der Waals surface area (Å²) >= 11 is 1.42. The van der Waals surface area contributed by atoms with Gasteiger partial charge in [0.15, 0.2) is 5.13 Å². The van der Waals surface area contributed by atoms with Gasteiger partial charge in [-0.3, -0.25) is 10.2 Å². The average Bonchev–Trinajstić information content (AvgIpc) is 2.97. The molecule has 6 nitrogen and oxygen atoms in total. The fourth-order valence-corrected chi connectivity index (χ4v) is 2.84. The van der Waals surface area contributed by atoms with Crippen LogP contribution in [0.5, 0.6) is 0 Å². The van der Waals surface area contributed by atoms with Crippen molar-refractivity contribution in [2.45, 2.75) is 19.9 Å². The summed E-state index contributed by atoms with van der Waals surface area (Å²) in [6, 6.07) is 0.176. The number of hydrogen-bond acceptors (Lipinski definition) is 5. The number of thiazole rings is 1. The molecule has 0 aromatic carbocycles. The van der Waals surface area contributed by atoms with Crippen LogP contribution >= 0.6 is 11.3 Å². The summed E-state index contributed by atoms with van der Waals surface area (Å²) in [7, 11) is 0. The summed E-state index contributed by atoms with van der Waals surface area (Å²) in [6.07, 6.45) is 1.68. The second kappa shape index (κ2) is 7.56. The first-order valence-electron chi connectivity index (χ1n) is 7.09. The highest BCUT2D eigenvalue weighted by Crippen LogP contribution is 2.10. The van der Waals surface area contributed by atoms with Crippen molar-refractivity contribution in [3.8, 4) is 0 Å². The van der Waals surface area contributed by atoms with Crippen LogP contribution in [0, 0.1) is 0 Å². The minimum atomic E-state index is -0.181. The van der Waals surface area contributed by atoms with Gasteiger partial charge in [0.1, 0.15) is 0 Å². The maximum atomic E-state index is 11.7. The van der Waals surface area contributed by atoms with Crippen LogP contribution in [0.2, 0.25) is 0 Å². The molecule has 1 aliphatic rings. The van der Waals surface area contributed by atoms with Gasteiger partial charge >= 0.3 is 6.03 Å². The van der Waals surface area contributed by atoms with E-state index in [4.69, 9.17) is 0 Å². The topological polar surface area (TPSA) is 60.5 Å². The Bertz CT molecular complexity index is 403. The Morgan fingerprint density at radius 2 is 2.20 bits per heavy atom.